The third-order valence-corrected chi connectivity index (χ3v) is 3.33. The van der Waals surface area contributed by atoms with Crippen LogP contribution in [0.5, 0.6) is 17.2 Å². The molecule has 0 unspecified atom stereocenters. The Morgan fingerprint density at radius 3 is 2.39 bits per heavy atom. The molecule has 3 rings (SSSR count). The zero-order valence-electron chi connectivity index (χ0n) is 12.7. The molecule has 0 amide bonds. The van der Waals surface area contributed by atoms with Crippen LogP contribution in [0.15, 0.2) is 51.7 Å². The Hall–Kier alpha value is -2.95. The van der Waals surface area contributed by atoms with E-state index in [9.17, 15) is 15.0 Å². The van der Waals surface area contributed by atoms with E-state index < -0.39 is 5.43 Å². The monoisotopic (exact) mass is 312 g/mol. The first-order valence-corrected chi connectivity index (χ1v) is 7.22. The first kappa shape index (κ1) is 15.0. The van der Waals surface area contributed by atoms with Crippen molar-refractivity contribution in [3.8, 4) is 28.6 Å². The van der Waals surface area contributed by atoms with Crippen LogP contribution < -0.4 is 10.2 Å². The Balaban J connectivity index is 2.35. The number of ether oxygens (including phenoxy) is 1. The third-order valence-electron chi connectivity index (χ3n) is 3.33. The van der Waals surface area contributed by atoms with Crippen LogP contribution in [0.1, 0.15) is 13.8 Å². The van der Waals surface area contributed by atoms with Gasteiger partial charge in [0.05, 0.1) is 6.10 Å². The van der Waals surface area contributed by atoms with Crippen molar-refractivity contribution in [2.24, 2.45) is 0 Å². The van der Waals surface area contributed by atoms with E-state index in [1.807, 2.05) is 18.2 Å². The largest absolute Gasteiger partial charge is 0.507 e. The van der Waals surface area contributed by atoms with Crippen molar-refractivity contribution in [1.82, 2.24) is 0 Å². The highest BCUT2D eigenvalue weighted by atomic mass is 16.5. The van der Waals surface area contributed by atoms with Crippen LogP contribution in [0, 0.1) is 0 Å². The molecule has 0 saturated heterocycles. The number of phenols is 2. The van der Waals surface area contributed by atoms with E-state index in [-0.39, 0.29) is 34.3 Å². The standard InChI is InChI=1S/C18H16O5/c1-10(2)22-17-14(21)8-12(19)16-13(20)9-15(23-18(16)17)11-6-4-3-5-7-11/h3-10,19,21H,1-2H3. The molecule has 23 heavy (non-hydrogen) atoms. The lowest BCUT2D eigenvalue weighted by Crippen LogP contribution is -2.08. The second-order valence-corrected chi connectivity index (χ2v) is 5.46. The first-order valence-electron chi connectivity index (χ1n) is 7.22. The average molecular weight is 312 g/mol. The minimum Gasteiger partial charge on any atom is -0.507 e. The fourth-order valence-electron chi connectivity index (χ4n) is 2.37. The molecule has 0 aliphatic rings. The molecule has 0 aliphatic carbocycles. The summed E-state index contributed by atoms with van der Waals surface area (Å²) in [6.07, 6.45) is -0.237. The van der Waals surface area contributed by atoms with E-state index >= 15 is 0 Å². The molecule has 2 N–H and O–H groups in total. The first-order chi connectivity index (χ1) is 11.0. The number of benzene rings is 2. The van der Waals surface area contributed by atoms with E-state index in [1.54, 1.807) is 26.0 Å². The molecule has 5 nitrogen and oxygen atoms in total. The summed E-state index contributed by atoms with van der Waals surface area (Å²) in [6.45, 7) is 3.58. The van der Waals surface area contributed by atoms with Gasteiger partial charge in [0.15, 0.2) is 16.8 Å². The molecule has 1 heterocycles. The van der Waals surface area contributed by atoms with Crippen LogP contribution in [0.2, 0.25) is 0 Å². The van der Waals surface area contributed by atoms with Crippen molar-refractivity contribution in [3.63, 3.8) is 0 Å². The van der Waals surface area contributed by atoms with E-state index in [1.165, 1.54) is 6.07 Å². The average Bonchev–Trinajstić information content (AvgIpc) is 2.51. The zero-order valence-corrected chi connectivity index (χ0v) is 12.7. The van der Waals surface area contributed by atoms with Crippen LogP contribution in [0.4, 0.5) is 0 Å². The summed E-state index contributed by atoms with van der Waals surface area (Å²) in [6, 6.07) is 11.5. The van der Waals surface area contributed by atoms with Crippen LogP contribution in [-0.2, 0) is 0 Å². The molecule has 0 fully saturated rings. The molecule has 0 spiro atoms. The number of fused-ring (bicyclic) bond motifs is 1. The van der Waals surface area contributed by atoms with Crippen LogP contribution in [0.25, 0.3) is 22.3 Å². The molecular formula is C18H16O5. The Bertz CT molecular complexity index is 910. The molecule has 0 aliphatic heterocycles. The van der Waals surface area contributed by atoms with Crippen molar-refractivity contribution in [2.45, 2.75) is 20.0 Å². The lowest BCUT2D eigenvalue weighted by Gasteiger charge is -2.14. The van der Waals surface area contributed by atoms with Gasteiger partial charge in [-0.2, -0.15) is 0 Å². The number of aromatic hydroxyl groups is 2. The van der Waals surface area contributed by atoms with Gasteiger partial charge in [-0.05, 0) is 13.8 Å². The Kier molecular flexibility index (Phi) is 3.70. The highest BCUT2D eigenvalue weighted by molar-refractivity contribution is 5.91. The maximum atomic E-state index is 12.4. The van der Waals surface area contributed by atoms with Crippen molar-refractivity contribution >= 4 is 11.0 Å². The second kappa shape index (κ2) is 5.68. The molecular weight excluding hydrogens is 296 g/mol. The summed E-state index contributed by atoms with van der Waals surface area (Å²) in [5.41, 5.74) is 0.337. The molecule has 118 valence electrons. The highest BCUT2D eigenvalue weighted by Gasteiger charge is 2.20. The number of phenolic OH excluding ortho intramolecular Hbond substituents is 2. The van der Waals surface area contributed by atoms with Crippen molar-refractivity contribution < 1.29 is 19.4 Å². The highest BCUT2D eigenvalue weighted by Crippen LogP contribution is 2.40. The SMILES string of the molecule is CC(C)Oc1c(O)cc(O)c2c(=O)cc(-c3ccccc3)oc12. The molecule has 0 radical (unpaired) electrons. The number of rotatable bonds is 3. The molecule has 5 heteroatoms. The van der Waals surface area contributed by atoms with E-state index in [4.69, 9.17) is 9.15 Å². The number of hydrogen-bond donors (Lipinski definition) is 2. The smallest absolute Gasteiger partial charge is 0.205 e. The van der Waals surface area contributed by atoms with Gasteiger partial charge in [0.1, 0.15) is 16.9 Å². The summed E-state index contributed by atoms with van der Waals surface area (Å²) >= 11 is 0. The van der Waals surface area contributed by atoms with Crippen LogP contribution >= 0.6 is 0 Å². The molecule has 3 aromatic rings. The summed E-state index contributed by atoms with van der Waals surface area (Å²) in [5, 5.41) is 20.0. The van der Waals surface area contributed by atoms with Gasteiger partial charge in [-0.15, -0.1) is 0 Å². The summed E-state index contributed by atoms with van der Waals surface area (Å²) in [5.74, 6) is -0.247. The summed E-state index contributed by atoms with van der Waals surface area (Å²) in [7, 11) is 0. The van der Waals surface area contributed by atoms with Gasteiger partial charge >= 0.3 is 0 Å². The van der Waals surface area contributed by atoms with E-state index in [2.05, 4.69) is 0 Å². The van der Waals surface area contributed by atoms with Crippen LogP contribution in [0.3, 0.4) is 0 Å². The normalized spacial score (nSPS) is 11.1. The van der Waals surface area contributed by atoms with Gasteiger partial charge in [-0.25, -0.2) is 0 Å². The van der Waals surface area contributed by atoms with Crippen molar-refractivity contribution in [1.29, 1.82) is 0 Å². The van der Waals surface area contributed by atoms with Gasteiger partial charge < -0.3 is 19.4 Å². The fraction of sp³-hybridized carbons (Fsp3) is 0.167. The quantitative estimate of drug-likeness (QED) is 0.771. The Morgan fingerprint density at radius 1 is 1.04 bits per heavy atom. The van der Waals surface area contributed by atoms with Crippen LogP contribution in [-0.4, -0.2) is 16.3 Å². The lowest BCUT2D eigenvalue weighted by atomic mass is 10.1. The maximum absolute atomic E-state index is 12.4. The maximum Gasteiger partial charge on any atom is 0.205 e. The van der Waals surface area contributed by atoms with Gasteiger partial charge in [-0.1, -0.05) is 30.3 Å². The van der Waals surface area contributed by atoms with Gasteiger partial charge in [0.25, 0.3) is 0 Å². The molecule has 0 atom stereocenters. The van der Waals surface area contributed by atoms with Gasteiger partial charge in [0.2, 0.25) is 5.75 Å². The lowest BCUT2D eigenvalue weighted by molar-refractivity contribution is 0.231. The van der Waals surface area contributed by atoms with E-state index in [0.717, 1.165) is 6.07 Å². The molecule has 0 bridgehead atoms. The minimum absolute atomic E-state index is 0.0156. The van der Waals surface area contributed by atoms with Crippen molar-refractivity contribution in [2.75, 3.05) is 0 Å². The Morgan fingerprint density at radius 2 is 1.74 bits per heavy atom. The second-order valence-electron chi connectivity index (χ2n) is 5.46. The predicted molar refractivity (Wildman–Crippen MR) is 87.0 cm³/mol. The Labute approximate surface area is 132 Å². The van der Waals surface area contributed by atoms with Gasteiger partial charge in [-0.3, -0.25) is 4.79 Å². The predicted octanol–water partition coefficient (Wildman–Crippen LogP) is 3.66. The fourth-order valence-corrected chi connectivity index (χ4v) is 2.37. The van der Waals surface area contributed by atoms with E-state index in [0.29, 0.717) is 11.3 Å². The van der Waals surface area contributed by atoms with Gasteiger partial charge in [0, 0.05) is 17.7 Å². The minimum atomic E-state index is -0.406. The number of hydrogen-bond acceptors (Lipinski definition) is 5. The zero-order chi connectivity index (χ0) is 16.6. The topological polar surface area (TPSA) is 79.9 Å². The molecule has 0 saturated carbocycles. The molecule has 2 aromatic carbocycles. The molecule has 1 aromatic heterocycles. The van der Waals surface area contributed by atoms with Crippen molar-refractivity contribution in [3.05, 3.63) is 52.7 Å². The summed E-state index contributed by atoms with van der Waals surface area (Å²) in [4.78, 5) is 12.4. The summed E-state index contributed by atoms with van der Waals surface area (Å²) < 4.78 is 11.3. The third kappa shape index (κ3) is 2.73.